The van der Waals surface area contributed by atoms with Gasteiger partial charge in [-0.05, 0) is 147 Å². The van der Waals surface area contributed by atoms with Crippen molar-refractivity contribution in [1.29, 1.82) is 0 Å². The van der Waals surface area contributed by atoms with Crippen LogP contribution in [0.4, 0.5) is 33.9 Å². The molecule has 3 amide bonds. The van der Waals surface area contributed by atoms with E-state index in [0.717, 1.165) is 30.5 Å². The van der Waals surface area contributed by atoms with E-state index in [1.165, 1.54) is 23.2 Å². The lowest BCUT2D eigenvalue weighted by Gasteiger charge is -2.33. The number of nitrogens with one attached hydrogen (secondary N) is 4. The van der Waals surface area contributed by atoms with Gasteiger partial charge >= 0.3 is 12.0 Å². The average molecular weight is 1020 g/mol. The van der Waals surface area contributed by atoms with Crippen molar-refractivity contribution in [2.45, 2.75) is 147 Å². The van der Waals surface area contributed by atoms with E-state index < -0.39 is 37.7 Å². The Hall–Kier alpha value is -6.06. The number of hydrogen-bond donors (Lipinski definition) is 4. The Balaban J connectivity index is 0.990. The molecule has 20 nitrogen and oxygen atoms in total. The van der Waals surface area contributed by atoms with Crippen LogP contribution in [-0.4, -0.2) is 122 Å². The summed E-state index contributed by atoms with van der Waals surface area (Å²) in [6.07, 6.45) is 7.42. The summed E-state index contributed by atoms with van der Waals surface area (Å²) in [5, 5.41) is 23.1. The third kappa shape index (κ3) is 15.0. The first-order valence-corrected chi connectivity index (χ1v) is 26.2. The first kappa shape index (κ1) is 54.3. The number of halogens is 1. The van der Waals surface area contributed by atoms with Gasteiger partial charge in [0.1, 0.15) is 34.8 Å². The van der Waals surface area contributed by atoms with Gasteiger partial charge in [-0.15, -0.1) is 0 Å². The SMILES string of the molecule is Cc1cc(Nc2ncc(Cl)c(Nc3ccccc3S(=O)(=O)C(C)C)n2)c(OC(C)C)cc1C1CCN(C(=O)CCCN2CC[C@@H](NC(=O)[C@H](CCCn3ccnc3[N+](=O)[O-])NC(=O)OC(C)(C)C)C2)CC1. The molecule has 2 saturated heterocycles. The van der Waals surface area contributed by atoms with E-state index in [4.69, 9.17) is 21.1 Å². The smallest absolute Gasteiger partial charge is 0.434 e. The second kappa shape index (κ2) is 23.9. The van der Waals surface area contributed by atoms with Crippen molar-refractivity contribution in [3.8, 4) is 5.75 Å². The van der Waals surface area contributed by atoms with Crippen molar-refractivity contribution >= 4 is 68.4 Å². The summed E-state index contributed by atoms with van der Waals surface area (Å²) < 4.78 is 39.4. The summed E-state index contributed by atoms with van der Waals surface area (Å²) in [7, 11) is -3.60. The number of carbonyl (C=O) groups excluding carboxylic acids is 3. The molecule has 22 heteroatoms. The average Bonchev–Trinajstić information content (AvgIpc) is 3.97. The molecule has 2 fully saturated rings. The molecule has 0 unspecified atom stereocenters. The zero-order valence-corrected chi connectivity index (χ0v) is 43.4. The molecule has 2 atom stereocenters. The molecule has 2 aromatic carbocycles. The lowest BCUT2D eigenvalue weighted by molar-refractivity contribution is -0.396. The first-order chi connectivity index (χ1) is 33.6. The van der Waals surface area contributed by atoms with Crippen molar-refractivity contribution < 1.29 is 37.2 Å². The second-order valence-electron chi connectivity index (χ2n) is 19.7. The minimum Gasteiger partial charge on any atom is -0.489 e. The number of piperidine rings is 1. The fraction of sp³-hybridized carbons (Fsp3) is 0.551. The summed E-state index contributed by atoms with van der Waals surface area (Å²) in [6, 6.07) is 9.63. The number of alkyl carbamates (subject to hydrolysis) is 1. The molecule has 0 aliphatic carbocycles. The maximum Gasteiger partial charge on any atom is 0.434 e. The summed E-state index contributed by atoms with van der Waals surface area (Å²) in [4.78, 5) is 67.5. The lowest BCUT2D eigenvalue weighted by Crippen LogP contribution is -2.51. The minimum absolute atomic E-state index is 0.117. The van der Waals surface area contributed by atoms with Crippen LogP contribution in [0.1, 0.15) is 110 Å². The van der Waals surface area contributed by atoms with Crippen molar-refractivity contribution in [2.24, 2.45) is 0 Å². The Kier molecular flexibility index (Phi) is 18.3. The highest BCUT2D eigenvalue weighted by Gasteiger charge is 2.31. The van der Waals surface area contributed by atoms with Crippen LogP contribution in [0.25, 0.3) is 0 Å². The molecule has 2 aliphatic rings. The lowest BCUT2D eigenvalue weighted by atomic mass is 9.86. The Morgan fingerprint density at radius 3 is 2.39 bits per heavy atom. The van der Waals surface area contributed by atoms with Crippen molar-refractivity contribution in [3.63, 3.8) is 0 Å². The maximum atomic E-state index is 13.5. The van der Waals surface area contributed by atoms with Crippen LogP contribution in [-0.2, 0) is 30.7 Å². The summed E-state index contributed by atoms with van der Waals surface area (Å²) >= 11 is 6.52. The number of hydrogen-bond acceptors (Lipinski definition) is 15. The van der Waals surface area contributed by atoms with E-state index in [2.05, 4.69) is 47.2 Å². The van der Waals surface area contributed by atoms with Crippen LogP contribution < -0.4 is 26.0 Å². The van der Waals surface area contributed by atoms with Gasteiger partial charge < -0.3 is 50.7 Å². The second-order valence-corrected chi connectivity index (χ2v) is 22.6. The van der Waals surface area contributed by atoms with Crippen LogP contribution in [0.2, 0.25) is 5.02 Å². The summed E-state index contributed by atoms with van der Waals surface area (Å²) in [5.74, 6) is 0.770. The number of carbonyl (C=O) groups is 3. The van der Waals surface area contributed by atoms with Gasteiger partial charge in [-0.1, -0.05) is 28.7 Å². The third-order valence-electron chi connectivity index (χ3n) is 12.3. The Morgan fingerprint density at radius 1 is 0.972 bits per heavy atom. The normalized spacial score (nSPS) is 16.2. The predicted molar refractivity (Wildman–Crippen MR) is 271 cm³/mol. The highest BCUT2D eigenvalue weighted by atomic mass is 35.5. The van der Waals surface area contributed by atoms with E-state index in [1.807, 2.05) is 31.7 Å². The molecule has 386 valence electrons. The molecule has 0 bridgehead atoms. The highest BCUT2D eigenvalue weighted by molar-refractivity contribution is 7.92. The van der Waals surface area contributed by atoms with E-state index in [0.29, 0.717) is 69.0 Å². The molecule has 4 heterocycles. The number of likely N-dealkylation sites (tertiary alicyclic amines) is 2. The van der Waals surface area contributed by atoms with Crippen molar-refractivity contribution in [2.75, 3.05) is 43.4 Å². The van der Waals surface area contributed by atoms with E-state index in [-0.39, 0.29) is 70.5 Å². The number of ether oxygens (including phenoxy) is 2. The minimum atomic E-state index is -3.60. The molecule has 6 rings (SSSR count). The highest BCUT2D eigenvalue weighted by Crippen LogP contribution is 2.39. The molecular weight excluding hydrogens is 954 g/mol. The predicted octanol–water partition coefficient (Wildman–Crippen LogP) is 8.05. The molecule has 2 aromatic heterocycles. The Morgan fingerprint density at radius 2 is 1.70 bits per heavy atom. The molecule has 4 aromatic rings. The number of anilines is 4. The zero-order chi connectivity index (χ0) is 51.6. The number of amides is 3. The first-order valence-electron chi connectivity index (χ1n) is 24.2. The molecule has 4 N–H and O–H groups in total. The van der Waals surface area contributed by atoms with Crippen LogP contribution in [0.15, 0.2) is 59.9 Å². The quantitative estimate of drug-likeness (QED) is 0.0456. The standard InChI is InChI=1S/C49H68ClN11O9S/c1-31(2)69-41-28-36(33(5)27-40(41)55-46-52-29-37(50)44(57-46)54-38-13-9-10-15-42(38)71(67,68)32(3)4)34-17-24-59(25-18-34)43(62)16-12-21-58-23-19-35(30-58)53-45(63)39(56-48(64)70-49(6,7)8)14-11-22-60-26-20-51-47(60)61(65)66/h9-10,13,15,20,26-29,31-32,34-35,39H,11-12,14,16-19,21-25,30H2,1-8H3,(H,53,63)(H,56,64)(H2,52,54,55,57)/t35-,39+/m1/s1. The molecule has 2 aliphatic heterocycles. The number of benzene rings is 2. The number of nitrogens with zero attached hydrogens (tertiary/aromatic N) is 7. The van der Waals surface area contributed by atoms with Gasteiger partial charge in [0.25, 0.3) is 0 Å². The van der Waals surface area contributed by atoms with Crippen molar-refractivity contribution in [1.82, 2.24) is 40.0 Å². The monoisotopic (exact) mass is 1020 g/mol. The number of aromatic nitrogens is 4. The third-order valence-corrected chi connectivity index (χ3v) is 14.8. The van der Waals surface area contributed by atoms with E-state index in [1.54, 1.807) is 58.9 Å². The number of sulfone groups is 1. The largest absolute Gasteiger partial charge is 0.489 e. The fourth-order valence-corrected chi connectivity index (χ4v) is 10.1. The molecule has 0 radical (unpaired) electrons. The van der Waals surface area contributed by atoms with Gasteiger partial charge in [0.2, 0.25) is 17.8 Å². The van der Waals surface area contributed by atoms with E-state index in [9.17, 15) is 32.9 Å². The number of aryl methyl sites for hydroxylation is 2. The van der Waals surface area contributed by atoms with Gasteiger partial charge in [0.05, 0.1) is 40.4 Å². The maximum absolute atomic E-state index is 13.5. The fourth-order valence-electron chi connectivity index (χ4n) is 8.77. The Bertz CT molecular complexity index is 2630. The molecule has 0 saturated carbocycles. The van der Waals surface area contributed by atoms with Gasteiger partial charge in [-0.2, -0.15) is 4.98 Å². The van der Waals surface area contributed by atoms with Crippen LogP contribution in [0.5, 0.6) is 5.75 Å². The van der Waals surface area contributed by atoms with Crippen molar-refractivity contribution in [3.05, 3.63) is 81.3 Å². The summed E-state index contributed by atoms with van der Waals surface area (Å²) in [5.41, 5.74) is 2.42. The van der Waals surface area contributed by atoms with Gasteiger partial charge in [-0.3, -0.25) is 9.59 Å². The molecule has 71 heavy (non-hydrogen) atoms. The topological polar surface area (TPSA) is 245 Å². The number of rotatable bonds is 21. The van der Waals surface area contributed by atoms with E-state index >= 15 is 0 Å². The van der Waals surface area contributed by atoms with Crippen LogP contribution in [0, 0.1) is 17.0 Å². The van der Waals surface area contributed by atoms with Gasteiger partial charge in [0, 0.05) is 38.6 Å². The zero-order valence-electron chi connectivity index (χ0n) is 41.9. The number of nitro groups is 1. The Labute approximate surface area is 421 Å². The van der Waals surface area contributed by atoms with Gasteiger partial charge in [-0.25, -0.2) is 22.8 Å². The number of imidazole rings is 1. The molecule has 0 spiro atoms. The molecular formula is C49H68ClN11O9S. The van der Waals surface area contributed by atoms with Crippen LogP contribution >= 0.6 is 11.6 Å². The number of para-hydroxylation sites is 1. The van der Waals surface area contributed by atoms with Gasteiger partial charge in [0.15, 0.2) is 15.7 Å². The summed E-state index contributed by atoms with van der Waals surface area (Å²) in [6.45, 7) is 18.0. The van der Waals surface area contributed by atoms with Crippen LogP contribution in [0.3, 0.4) is 0 Å².